The molecule has 0 heterocycles. The molecule has 0 fully saturated rings. The minimum absolute atomic E-state index is 0.0132. The van der Waals surface area contributed by atoms with Crippen LogP contribution in [0.15, 0.2) is 0 Å². The molecule has 0 saturated heterocycles. The molecule has 0 spiro atoms. The number of aliphatic carboxylic acids is 1. The standard InChI is InChI=1S/C16H32O5Si/c1-15(2,3)20-14(19)11-12(9-10-13(17)18)21-22(7,8)16(4,5)6/h12H,9-11H2,1-8H3,(H,17,18)/p-1. The second kappa shape index (κ2) is 7.59. The first-order valence-corrected chi connectivity index (χ1v) is 10.6. The van der Waals surface area contributed by atoms with Gasteiger partial charge in [0, 0.05) is 5.97 Å². The van der Waals surface area contributed by atoms with Crippen molar-refractivity contribution in [2.75, 3.05) is 0 Å². The first-order valence-electron chi connectivity index (χ1n) is 7.73. The molecule has 0 aromatic rings. The maximum atomic E-state index is 12.0. The van der Waals surface area contributed by atoms with Crippen molar-refractivity contribution in [3.8, 4) is 0 Å². The van der Waals surface area contributed by atoms with Gasteiger partial charge in [-0.25, -0.2) is 0 Å². The lowest BCUT2D eigenvalue weighted by Gasteiger charge is -2.39. The summed E-state index contributed by atoms with van der Waals surface area (Å²) in [5, 5.41) is 10.7. The van der Waals surface area contributed by atoms with E-state index in [0.717, 1.165) is 0 Å². The molecule has 0 aliphatic carbocycles. The van der Waals surface area contributed by atoms with Gasteiger partial charge in [-0.05, 0) is 51.7 Å². The molecule has 0 aromatic heterocycles. The third-order valence-corrected chi connectivity index (χ3v) is 8.29. The smallest absolute Gasteiger partial charge is 0.308 e. The zero-order chi connectivity index (χ0) is 17.8. The van der Waals surface area contributed by atoms with Crippen LogP contribution in [0.25, 0.3) is 0 Å². The fraction of sp³-hybridized carbons (Fsp3) is 0.875. The third-order valence-electron chi connectivity index (χ3n) is 3.75. The Balaban J connectivity index is 4.90. The summed E-state index contributed by atoms with van der Waals surface area (Å²) in [6.45, 7) is 15.9. The van der Waals surface area contributed by atoms with Gasteiger partial charge in [0.1, 0.15) is 5.60 Å². The van der Waals surface area contributed by atoms with Crippen LogP contribution in [-0.4, -0.2) is 32.0 Å². The average Bonchev–Trinajstić information content (AvgIpc) is 2.20. The summed E-state index contributed by atoms with van der Waals surface area (Å²) in [5.41, 5.74) is -0.563. The highest BCUT2D eigenvalue weighted by molar-refractivity contribution is 6.74. The van der Waals surface area contributed by atoms with Crippen molar-refractivity contribution in [1.29, 1.82) is 0 Å². The molecule has 5 nitrogen and oxygen atoms in total. The van der Waals surface area contributed by atoms with Gasteiger partial charge in [0.2, 0.25) is 0 Å². The molecule has 0 radical (unpaired) electrons. The Morgan fingerprint density at radius 3 is 1.95 bits per heavy atom. The largest absolute Gasteiger partial charge is 0.550 e. The first kappa shape index (κ1) is 21.1. The van der Waals surface area contributed by atoms with Crippen LogP contribution in [0.3, 0.4) is 0 Å². The van der Waals surface area contributed by atoms with E-state index in [0.29, 0.717) is 0 Å². The molecule has 6 heteroatoms. The van der Waals surface area contributed by atoms with Crippen molar-refractivity contribution in [1.82, 2.24) is 0 Å². The van der Waals surface area contributed by atoms with E-state index in [4.69, 9.17) is 9.16 Å². The van der Waals surface area contributed by atoms with E-state index in [1.807, 2.05) is 0 Å². The van der Waals surface area contributed by atoms with Crippen molar-refractivity contribution >= 4 is 20.3 Å². The molecule has 1 atom stereocenters. The predicted octanol–water partition coefficient (Wildman–Crippen LogP) is 2.64. The molecular formula is C16H31O5Si-. The number of rotatable bonds is 7. The number of carboxylic acids is 1. The summed E-state index contributed by atoms with van der Waals surface area (Å²) >= 11 is 0. The summed E-state index contributed by atoms with van der Waals surface area (Å²) in [4.78, 5) is 22.7. The third kappa shape index (κ3) is 8.53. The van der Waals surface area contributed by atoms with E-state index in [2.05, 4.69) is 33.9 Å². The maximum Gasteiger partial charge on any atom is 0.308 e. The van der Waals surface area contributed by atoms with E-state index < -0.39 is 26.0 Å². The SMILES string of the molecule is CC(C)(C)OC(=O)CC(CCC(=O)[O-])O[Si](C)(C)C(C)(C)C. The number of esters is 1. The number of hydrogen-bond donors (Lipinski definition) is 0. The van der Waals surface area contributed by atoms with Crippen LogP contribution in [-0.2, 0) is 18.8 Å². The monoisotopic (exact) mass is 331 g/mol. The van der Waals surface area contributed by atoms with Crippen molar-refractivity contribution in [3.63, 3.8) is 0 Å². The lowest BCUT2D eigenvalue weighted by atomic mass is 10.1. The van der Waals surface area contributed by atoms with Crippen molar-refractivity contribution in [2.24, 2.45) is 0 Å². The zero-order valence-corrected chi connectivity index (χ0v) is 16.2. The van der Waals surface area contributed by atoms with Crippen LogP contribution in [0, 0.1) is 0 Å². The topological polar surface area (TPSA) is 75.7 Å². The van der Waals surface area contributed by atoms with Gasteiger partial charge in [0.15, 0.2) is 8.32 Å². The number of carboxylic acid groups (broad SMARTS) is 1. The van der Waals surface area contributed by atoms with Gasteiger partial charge in [-0.1, -0.05) is 20.8 Å². The summed E-state index contributed by atoms with van der Waals surface area (Å²) in [7, 11) is -2.09. The molecule has 0 aliphatic rings. The van der Waals surface area contributed by atoms with E-state index in [1.165, 1.54) is 0 Å². The Bertz CT molecular complexity index is 390. The van der Waals surface area contributed by atoms with Crippen LogP contribution >= 0.6 is 0 Å². The normalized spacial score (nSPS) is 14.5. The van der Waals surface area contributed by atoms with Gasteiger partial charge in [0.05, 0.1) is 12.5 Å². The molecule has 0 aromatic carbocycles. The highest BCUT2D eigenvalue weighted by atomic mass is 28.4. The van der Waals surface area contributed by atoms with Gasteiger partial charge in [0.25, 0.3) is 0 Å². The van der Waals surface area contributed by atoms with Crippen LogP contribution in [0.2, 0.25) is 18.1 Å². The van der Waals surface area contributed by atoms with E-state index >= 15 is 0 Å². The summed E-state index contributed by atoms with van der Waals surface area (Å²) < 4.78 is 11.5. The van der Waals surface area contributed by atoms with Crippen molar-refractivity contribution in [3.05, 3.63) is 0 Å². The Hall–Kier alpha value is -0.883. The number of ether oxygens (including phenoxy) is 1. The molecule has 130 valence electrons. The lowest BCUT2D eigenvalue weighted by molar-refractivity contribution is -0.306. The quantitative estimate of drug-likeness (QED) is 0.529. The van der Waals surface area contributed by atoms with Crippen molar-refractivity contribution < 1.29 is 23.9 Å². The first-order chi connectivity index (χ1) is 9.64. The second-order valence-electron chi connectivity index (χ2n) is 8.20. The van der Waals surface area contributed by atoms with Crippen LogP contribution in [0.1, 0.15) is 60.8 Å². The Morgan fingerprint density at radius 2 is 1.59 bits per heavy atom. The molecule has 22 heavy (non-hydrogen) atoms. The minimum atomic E-state index is -2.09. The van der Waals surface area contributed by atoms with Gasteiger partial charge < -0.3 is 19.1 Å². The Kier molecular flexibility index (Phi) is 7.29. The van der Waals surface area contributed by atoms with Crippen LogP contribution in [0.4, 0.5) is 0 Å². The minimum Gasteiger partial charge on any atom is -0.550 e. The lowest BCUT2D eigenvalue weighted by Crippen LogP contribution is -2.45. The second-order valence-corrected chi connectivity index (χ2v) is 13.0. The number of carbonyl (C=O) groups excluding carboxylic acids is 2. The van der Waals surface area contributed by atoms with E-state index in [1.54, 1.807) is 20.8 Å². The zero-order valence-electron chi connectivity index (χ0n) is 15.2. The highest BCUT2D eigenvalue weighted by Crippen LogP contribution is 2.38. The Morgan fingerprint density at radius 1 is 1.09 bits per heavy atom. The molecule has 0 N–H and O–H groups in total. The number of carbonyl (C=O) groups is 2. The van der Waals surface area contributed by atoms with Crippen LogP contribution < -0.4 is 5.11 Å². The highest BCUT2D eigenvalue weighted by Gasteiger charge is 2.39. The molecule has 0 aliphatic heterocycles. The van der Waals surface area contributed by atoms with Gasteiger partial charge in [-0.2, -0.15) is 0 Å². The van der Waals surface area contributed by atoms with Crippen LogP contribution in [0.5, 0.6) is 0 Å². The summed E-state index contributed by atoms with van der Waals surface area (Å²) in [5.74, 6) is -1.50. The molecular weight excluding hydrogens is 300 g/mol. The molecule has 1 unspecified atom stereocenters. The van der Waals surface area contributed by atoms with Crippen molar-refractivity contribution in [2.45, 2.75) is 90.6 Å². The van der Waals surface area contributed by atoms with Gasteiger partial charge in [-0.15, -0.1) is 0 Å². The fourth-order valence-corrected chi connectivity index (χ4v) is 3.03. The summed E-state index contributed by atoms with van der Waals surface area (Å²) in [6, 6.07) is 0. The molecule has 0 amide bonds. The molecule has 0 bridgehead atoms. The predicted molar refractivity (Wildman–Crippen MR) is 86.8 cm³/mol. The van der Waals surface area contributed by atoms with Gasteiger partial charge in [-0.3, -0.25) is 4.79 Å². The summed E-state index contributed by atoms with van der Waals surface area (Å²) in [6.07, 6.45) is -0.249. The average molecular weight is 332 g/mol. The maximum absolute atomic E-state index is 12.0. The van der Waals surface area contributed by atoms with Gasteiger partial charge >= 0.3 is 5.97 Å². The molecule has 0 rings (SSSR count). The van der Waals surface area contributed by atoms with E-state index in [-0.39, 0.29) is 30.3 Å². The molecule has 0 saturated carbocycles. The fourth-order valence-electron chi connectivity index (χ4n) is 1.64. The number of hydrogen-bond acceptors (Lipinski definition) is 5. The Labute approximate surface area is 135 Å². The van der Waals surface area contributed by atoms with E-state index in [9.17, 15) is 14.7 Å².